The highest BCUT2D eigenvalue weighted by atomic mass is 32.2. The zero-order valence-corrected chi connectivity index (χ0v) is 20.0. The summed E-state index contributed by atoms with van der Waals surface area (Å²) in [5.74, 6) is -0.518. The molecule has 0 radical (unpaired) electrons. The Balaban J connectivity index is 2.02. The fraction of sp³-hybridized carbons (Fsp3) is 0.417. The van der Waals surface area contributed by atoms with Gasteiger partial charge in [0.15, 0.2) is 0 Å². The summed E-state index contributed by atoms with van der Waals surface area (Å²) in [5.41, 5.74) is 0.972. The second-order valence-electron chi connectivity index (χ2n) is 8.85. The molecule has 2 aromatic heterocycles. The predicted octanol–water partition coefficient (Wildman–Crippen LogP) is 5.76. The van der Waals surface area contributed by atoms with Crippen LogP contribution < -0.4 is 4.72 Å². The quantitative estimate of drug-likeness (QED) is 0.444. The van der Waals surface area contributed by atoms with Crippen LogP contribution >= 0.6 is 0 Å². The number of nitrogens with zero attached hydrogens (tertiary/aromatic N) is 3. The zero-order valence-electron chi connectivity index (χ0n) is 19.2. The second kappa shape index (κ2) is 9.24. The molecule has 3 aromatic rings. The first-order chi connectivity index (χ1) is 16.5. The van der Waals surface area contributed by atoms with Crippen LogP contribution in [0, 0.1) is 24.1 Å². The minimum absolute atomic E-state index is 0.0310. The summed E-state index contributed by atoms with van der Waals surface area (Å²) in [6, 6.07) is 4.94. The fourth-order valence-corrected chi connectivity index (χ4v) is 6.03. The molecule has 4 rings (SSSR count). The lowest BCUT2D eigenvalue weighted by Gasteiger charge is -2.27. The van der Waals surface area contributed by atoms with E-state index in [4.69, 9.17) is 0 Å². The first kappa shape index (κ1) is 25.1. The van der Waals surface area contributed by atoms with E-state index in [1.54, 1.807) is 17.7 Å². The van der Waals surface area contributed by atoms with Crippen molar-refractivity contribution in [3.8, 4) is 17.5 Å². The van der Waals surface area contributed by atoms with Gasteiger partial charge in [-0.3, -0.25) is 4.98 Å². The molecule has 0 unspecified atom stereocenters. The number of pyridine rings is 1. The van der Waals surface area contributed by atoms with Crippen molar-refractivity contribution < 1.29 is 26.0 Å². The van der Waals surface area contributed by atoms with Gasteiger partial charge in [0.1, 0.15) is 28.5 Å². The lowest BCUT2D eigenvalue weighted by atomic mass is 9.94. The Bertz CT molecular complexity index is 1420. The standard InChI is InChI=1S/C24H24F4N4O2S/c1-14-11-20-17(12-19(14)25)18(13-29)23(32(20)16-7-4-3-5-8-16)22-21(9-6-10-30-22)35(33,34)31-15(2)24(26,27)28/h6,9-12,15-16,31H,3-5,7-8H2,1-2H3/t15-/m1/s1. The molecule has 1 saturated carbocycles. The number of hydrogen-bond donors (Lipinski definition) is 1. The number of alkyl halides is 3. The number of halogens is 4. The van der Waals surface area contributed by atoms with Gasteiger partial charge in [0, 0.05) is 17.6 Å². The molecule has 0 amide bonds. The molecule has 1 atom stereocenters. The maximum Gasteiger partial charge on any atom is 0.404 e. The number of benzene rings is 1. The number of nitrogens with one attached hydrogen (secondary N) is 1. The van der Waals surface area contributed by atoms with Crippen molar-refractivity contribution in [2.45, 2.75) is 69.1 Å². The van der Waals surface area contributed by atoms with E-state index in [1.165, 1.54) is 18.3 Å². The molecule has 1 fully saturated rings. The van der Waals surface area contributed by atoms with Crippen LogP contribution in [0.15, 0.2) is 35.4 Å². The minimum Gasteiger partial charge on any atom is -0.335 e. The first-order valence-corrected chi connectivity index (χ1v) is 12.7. The predicted molar refractivity (Wildman–Crippen MR) is 123 cm³/mol. The fourth-order valence-electron chi connectivity index (χ4n) is 4.65. The molecule has 1 N–H and O–H groups in total. The lowest BCUT2D eigenvalue weighted by molar-refractivity contribution is -0.147. The summed E-state index contributed by atoms with van der Waals surface area (Å²) >= 11 is 0. The molecular formula is C24H24F4N4O2S. The minimum atomic E-state index is -4.79. The van der Waals surface area contributed by atoms with Crippen LogP contribution in [0.4, 0.5) is 17.6 Å². The highest BCUT2D eigenvalue weighted by Gasteiger charge is 2.40. The van der Waals surface area contributed by atoms with E-state index in [1.807, 2.05) is 4.57 Å². The third-order valence-electron chi connectivity index (χ3n) is 6.44. The van der Waals surface area contributed by atoms with E-state index in [2.05, 4.69) is 11.1 Å². The van der Waals surface area contributed by atoms with Crippen molar-refractivity contribution in [3.63, 3.8) is 0 Å². The molecule has 1 aliphatic rings. The third kappa shape index (κ3) is 4.65. The van der Waals surface area contributed by atoms with Gasteiger partial charge in [-0.15, -0.1) is 0 Å². The molecule has 1 aliphatic carbocycles. The monoisotopic (exact) mass is 508 g/mol. The Morgan fingerprint density at radius 2 is 1.91 bits per heavy atom. The Hall–Kier alpha value is -2.97. The van der Waals surface area contributed by atoms with Crippen LogP contribution in [0.3, 0.4) is 0 Å². The smallest absolute Gasteiger partial charge is 0.335 e. The SMILES string of the molecule is Cc1cc2c(cc1F)c(C#N)c(-c1ncccc1S(=O)(=O)N[C@H](C)C(F)(F)F)n2C1CCCCC1. The van der Waals surface area contributed by atoms with Crippen molar-refractivity contribution >= 4 is 20.9 Å². The van der Waals surface area contributed by atoms with Gasteiger partial charge in [0.2, 0.25) is 10.0 Å². The summed E-state index contributed by atoms with van der Waals surface area (Å²) < 4.78 is 83.6. The molecule has 0 saturated heterocycles. The van der Waals surface area contributed by atoms with Crippen molar-refractivity contribution in [1.82, 2.24) is 14.3 Å². The Kier molecular flexibility index (Phi) is 6.64. The van der Waals surface area contributed by atoms with Gasteiger partial charge >= 0.3 is 6.18 Å². The van der Waals surface area contributed by atoms with Gasteiger partial charge in [-0.1, -0.05) is 19.3 Å². The zero-order chi connectivity index (χ0) is 25.5. The van der Waals surface area contributed by atoms with Crippen LogP contribution in [-0.4, -0.2) is 30.2 Å². The van der Waals surface area contributed by atoms with Crippen LogP contribution in [0.5, 0.6) is 0 Å². The number of sulfonamides is 1. The number of hydrogen-bond acceptors (Lipinski definition) is 4. The summed E-state index contributed by atoms with van der Waals surface area (Å²) in [5, 5.41) is 10.4. The highest BCUT2D eigenvalue weighted by molar-refractivity contribution is 7.89. The van der Waals surface area contributed by atoms with E-state index >= 15 is 0 Å². The summed E-state index contributed by atoms with van der Waals surface area (Å²) in [6.45, 7) is 2.30. The van der Waals surface area contributed by atoms with Gasteiger partial charge in [0.05, 0.1) is 16.8 Å². The van der Waals surface area contributed by atoms with E-state index in [0.29, 0.717) is 23.4 Å². The molecule has 1 aromatic carbocycles. The molecule has 11 heteroatoms. The number of rotatable bonds is 5. The van der Waals surface area contributed by atoms with E-state index < -0.39 is 33.0 Å². The lowest BCUT2D eigenvalue weighted by Crippen LogP contribution is -2.43. The number of nitriles is 1. The van der Waals surface area contributed by atoms with E-state index in [-0.39, 0.29) is 23.0 Å². The van der Waals surface area contributed by atoms with Gasteiger partial charge in [0.25, 0.3) is 0 Å². The second-order valence-corrected chi connectivity index (χ2v) is 10.5. The topological polar surface area (TPSA) is 87.8 Å². The van der Waals surface area contributed by atoms with Crippen molar-refractivity contribution in [2.75, 3.05) is 0 Å². The van der Waals surface area contributed by atoms with Crippen LogP contribution in [0.2, 0.25) is 0 Å². The van der Waals surface area contributed by atoms with Crippen molar-refractivity contribution in [2.24, 2.45) is 0 Å². The van der Waals surface area contributed by atoms with E-state index in [0.717, 1.165) is 38.2 Å². The van der Waals surface area contributed by atoms with Gasteiger partial charge in [-0.05, 0) is 56.5 Å². The molecule has 6 nitrogen and oxygen atoms in total. The van der Waals surface area contributed by atoms with E-state index in [9.17, 15) is 31.2 Å². The number of fused-ring (bicyclic) bond motifs is 1. The van der Waals surface area contributed by atoms with Crippen LogP contribution in [0.25, 0.3) is 22.3 Å². The Morgan fingerprint density at radius 1 is 1.23 bits per heavy atom. The molecule has 0 spiro atoms. The number of aryl methyl sites for hydroxylation is 1. The molecule has 0 bridgehead atoms. The Morgan fingerprint density at radius 3 is 2.54 bits per heavy atom. The normalized spacial score (nSPS) is 16.4. The van der Waals surface area contributed by atoms with Gasteiger partial charge in [-0.2, -0.15) is 23.2 Å². The van der Waals surface area contributed by atoms with Crippen LogP contribution in [0.1, 0.15) is 56.2 Å². The molecule has 186 valence electrons. The third-order valence-corrected chi connectivity index (χ3v) is 8.01. The average molecular weight is 509 g/mol. The molecular weight excluding hydrogens is 484 g/mol. The van der Waals surface area contributed by atoms with Gasteiger partial charge in [-0.25, -0.2) is 12.8 Å². The molecule has 35 heavy (non-hydrogen) atoms. The number of aromatic nitrogens is 2. The summed E-state index contributed by atoms with van der Waals surface area (Å²) in [4.78, 5) is 3.74. The maximum atomic E-state index is 14.5. The maximum absolute atomic E-state index is 14.5. The molecule has 2 heterocycles. The largest absolute Gasteiger partial charge is 0.404 e. The van der Waals surface area contributed by atoms with Crippen LogP contribution in [-0.2, 0) is 10.0 Å². The highest BCUT2D eigenvalue weighted by Crippen LogP contribution is 2.42. The Labute approximate surface area is 200 Å². The first-order valence-electron chi connectivity index (χ1n) is 11.2. The van der Waals surface area contributed by atoms with Crippen molar-refractivity contribution in [1.29, 1.82) is 5.26 Å². The van der Waals surface area contributed by atoms with Crippen molar-refractivity contribution in [3.05, 3.63) is 47.4 Å². The van der Waals surface area contributed by atoms with Gasteiger partial charge < -0.3 is 4.57 Å². The average Bonchev–Trinajstić information content (AvgIpc) is 3.12. The summed E-state index contributed by atoms with van der Waals surface area (Å²) in [6.07, 6.45) is 0.920. The summed E-state index contributed by atoms with van der Waals surface area (Å²) in [7, 11) is -4.68. The molecule has 0 aliphatic heterocycles.